The average molecular weight is 483 g/mol. The fraction of sp³-hybridized carbons (Fsp3) is 0.192. The first-order chi connectivity index (χ1) is 16.7. The van der Waals surface area contributed by atoms with E-state index in [2.05, 4.69) is 10.6 Å². The molecule has 0 bridgehead atoms. The standard InChI is InChI=1S/C26H24F3N3O3/c1-3-13-32(15-22(33)30-21-12-11-19(27)23(28)24(21)29)26(35)18-9-4-5-10-20(18)31-25(34)17-8-6-7-16(2)14-17/h4-12,14H,3,13,15H2,1-2H3,(H,30,33)(H,31,34). The van der Waals surface area contributed by atoms with Crippen molar-refractivity contribution in [3.05, 3.63) is 94.8 Å². The molecule has 0 saturated carbocycles. The third kappa shape index (κ3) is 6.26. The highest BCUT2D eigenvalue weighted by molar-refractivity contribution is 6.09. The molecular formula is C26H24F3N3O3. The van der Waals surface area contributed by atoms with Gasteiger partial charge in [0.2, 0.25) is 5.91 Å². The summed E-state index contributed by atoms with van der Waals surface area (Å²) in [4.78, 5) is 39.7. The highest BCUT2D eigenvalue weighted by Crippen LogP contribution is 2.21. The molecule has 3 rings (SSSR count). The van der Waals surface area contributed by atoms with E-state index in [0.29, 0.717) is 18.1 Å². The van der Waals surface area contributed by atoms with Gasteiger partial charge in [0.25, 0.3) is 11.8 Å². The summed E-state index contributed by atoms with van der Waals surface area (Å²) in [6.45, 7) is 3.38. The zero-order valence-electron chi connectivity index (χ0n) is 19.2. The number of nitrogens with zero attached hydrogens (tertiary/aromatic N) is 1. The van der Waals surface area contributed by atoms with Gasteiger partial charge in [0.05, 0.1) is 16.9 Å². The van der Waals surface area contributed by atoms with Crippen molar-refractivity contribution in [1.82, 2.24) is 4.90 Å². The van der Waals surface area contributed by atoms with E-state index in [4.69, 9.17) is 0 Å². The second kappa shape index (κ2) is 11.3. The molecule has 0 spiro atoms. The molecule has 3 aromatic carbocycles. The van der Waals surface area contributed by atoms with E-state index in [1.807, 2.05) is 13.0 Å². The zero-order valence-corrected chi connectivity index (χ0v) is 19.2. The van der Waals surface area contributed by atoms with Crippen LogP contribution < -0.4 is 10.6 Å². The molecule has 0 aromatic heterocycles. The molecule has 35 heavy (non-hydrogen) atoms. The average Bonchev–Trinajstić information content (AvgIpc) is 2.84. The van der Waals surface area contributed by atoms with Crippen molar-refractivity contribution in [2.45, 2.75) is 20.3 Å². The van der Waals surface area contributed by atoms with Crippen molar-refractivity contribution in [2.24, 2.45) is 0 Å². The molecule has 9 heteroatoms. The Morgan fingerprint density at radius 1 is 0.857 bits per heavy atom. The van der Waals surface area contributed by atoms with Crippen LogP contribution in [0.2, 0.25) is 0 Å². The fourth-order valence-corrected chi connectivity index (χ4v) is 3.44. The zero-order chi connectivity index (χ0) is 25.5. The molecule has 0 heterocycles. The molecule has 6 nitrogen and oxygen atoms in total. The van der Waals surface area contributed by atoms with Crippen LogP contribution in [0.15, 0.2) is 60.7 Å². The number of anilines is 2. The molecule has 0 aliphatic heterocycles. The molecule has 0 atom stereocenters. The first-order valence-electron chi connectivity index (χ1n) is 10.9. The van der Waals surface area contributed by atoms with Crippen LogP contribution in [0.3, 0.4) is 0 Å². The number of carbonyl (C=O) groups excluding carboxylic acids is 3. The highest BCUT2D eigenvalue weighted by Gasteiger charge is 2.23. The number of amides is 3. The van der Waals surface area contributed by atoms with E-state index >= 15 is 0 Å². The quantitative estimate of drug-likeness (QED) is 0.435. The van der Waals surface area contributed by atoms with Crippen LogP contribution in [0.25, 0.3) is 0 Å². The number of hydrogen-bond donors (Lipinski definition) is 2. The molecule has 0 fully saturated rings. The van der Waals surface area contributed by atoms with E-state index in [0.717, 1.165) is 11.6 Å². The Hall–Kier alpha value is -4.14. The Morgan fingerprint density at radius 3 is 2.31 bits per heavy atom. The predicted molar refractivity (Wildman–Crippen MR) is 127 cm³/mol. The van der Waals surface area contributed by atoms with Crippen LogP contribution in [-0.2, 0) is 4.79 Å². The summed E-state index contributed by atoms with van der Waals surface area (Å²) in [7, 11) is 0. The molecule has 3 aromatic rings. The number of benzene rings is 3. The van der Waals surface area contributed by atoms with Crippen molar-refractivity contribution < 1.29 is 27.6 Å². The maximum absolute atomic E-state index is 13.9. The largest absolute Gasteiger partial charge is 0.329 e. The van der Waals surface area contributed by atoms with Crippen molar-refractivity contribution in [3.63, 3.8) is 0 Å². The summed E-state index contributed by atoms with van der Waals surface area (Å²) in [5.41, 5.74) is 1.21. The summed E-state index contributed by atoms with van der Waals surface area (Å²) in [6, 6.07) is 14.9. The Balaban J connectivity index is 1.78. The number of para-hydroxylation sites is 1. The van der Waals surface area contributed by atoms with Crippen LogP contribution in [0.4, 0.5) is 24.5 Å². The molecule has 0 radical (unpaired) electrons. The lowest BCUT2D eigenvalue weighted by molar-refractivity contribution is -0.116. The maximum atomic E-state index is 13.9. The van der Waals surface area contributed by atoms with Gasteiger partial charge in [-0.1, -0.05) is 36.8 Å². The van der Waals surface area contributed by atoms with Crippen LogP contribution in [0, 0.1) is 24.4 Å². The van der Waals surface area contributed by atoms with Gasteiger partial charge < -0.3 is 15.5 Å². The summed E-state index contributed by atoms with van der Waals surface area (Å²) in [5.74, 6) is -6.35. The number of aryl methyl sites for hydroxylation is 1. The van der Waals surface area contributed by atoms with Crippen LogP contribution in [0.1, 0.15) is 39.6 Å². The van der Waals surface area contributed by atoms with Gasteiger partial charge in [0.15, 0.2) is 17.5 Å². The second-order valence-corrected chi connectivity index (χ2v) is 7.87. The lowest BCUT2D eigenvalue weighted by atomic mass is 10.1. The number of nitrogens with one attached hydrogen (secondary N) is 2. The van der Waals surface area contributed by atoms with E-state index in [1.54, 1.807) is 43.3 Å². The molecule has 2 N–H and O–H groups in total. The second-order valence-electron chi connectivity index (χ2n) is 7.87. The third-order valence-electron chi connectivity index (χ3n) is 5.11. The van der Waals surface area contributed by atoms with Gasteiger partial charge in [0, 0.05) is 12.1 Å². The summed E-state index contributed by atoms with van der Waals surface area (Å²) in [5, 5.41) is 4.89. The number of hydrogen-bond acceptors (Lipinski definition) is 3. The summed E-state index contributed by atoms with van der Waals surface area (Å²) >= 11 is 0. The number of carbonyl (C=O) groups is 3. The Labute approximate surface area is 200 Å². The van der Waals surface area contributed by atoms with Crippen molar-refractivity contribution in [3.8, 4) is 0 Å². The van der Waals surface area contributed by atoms with Crippen molar-refractivity contribution in [2.75, 3.05) is 23.7 Å². The van der Waals surface area contributed by atoms with Crippen molar-refractivity contribution in [1.29, 1.82) is 0 Å². The minimum Gasteiger partial charge on any atom is -0.329 e. The minimum absolute atomic E-state index is 0.161. The predicted octanol–water partition coefficient (Wildman–Crippen LogP) is 5.16. The van der Waals surface area contributed by atoms with Gasteiger partial charge in [-0.25, -0.2) is 13.2 Å². The maximum Gasteiger partial charge on any atom is 0.256 e. The lowest BCUT2D eigenvalue weighted by Crippen LogP contribution is -2.39. The molecule has 0 aliphatic carbocycles. The van der Waals surface area contributed by atoms with E-state index < -0.39 is 47.4 Å². The Kier molecular flexibility index (Phi) is 8.25. The summed E-state index contributed by atoms with van der Waals surface area (Å²) in [6.07, 6.45) is 0.510. The van der Waals surface area contributed by atoms with Gasteiger partial charge in [-0.3, -0.25) is 14.4 Å². The highest BCUT2D eigenvalue weighted by atomic mass is 19.2. The van der Waals surface area contributed by atoms with Crippen LogP contribution in [-0.4, -0.2) is 35.7 Å². The minimum atomic E-state index is -1.71. The first kappa shape index (κ1) is 25.5. The Bertz CT molecular complexity index is 1260. The molecular weight excluding hydrogens is 459 g/mol. The summed E-state index contributed by atoms with van der Waals surface area (Å²) < 4.78 is 40.5. The topological polar surface area (TPSA) is 78.5 Å². The number of halogens is 3. The van der Waals surface area contributed by atoms with Gasteiger partial charge in [-0.2, -0.15) is 0 Å². The van der Waals surface area contributed by atoms with E-state index in [1.165, 1.54) is 11.0 Å². The third-order valence-corrected chi connectivity index (χ3v) is 5.11. The molecule has 0 saturated heterocycles. The van der Waals surface area contributed by atoms with Gasteiger partial charge in [-0.05, 0) is 49.7 Å². The van der Waals surface area contributed by atoms with E-state index in [9.17, 15) is 27.6 Å². The SMILES string of the molecule is CCCN(CC(=O)Nc1ccc(F)c(F)c1F)C(=O)c1ccccc1NC(=O)c1cccc(C)c1. The Morgan fingerprint density at radius 2 is 1.60 bits per heavy atom. The van der Waals surface area contributed by atoms with Crippen LogP contribution in [0.5, 0.6) is 0 Å². The van der Waals surface area contributed by atoms with Gasteiger partial charge >= 0.3 is 0 Å². The van der Waals surface area contributed by atoms with Crippen molar-refractivity contribution >= 4 is 29.1 Å². The van der Waals surface area contributed by atoms with Crippen LogP contribution >= 0.6 is 0 Å². The normalized spacial score (nSPS) is 10.5. The molecule has 182 valence electrons. The fourth-order valence-electron chi connectivity index (χ4n) is 3.44. The molecule has 3 amide bonds. The molecule has 0 aliphatic rings. The van der Waals surface area contributed by atoms with Gasteiger partial charge in [0.1, 0.15) is 6.54 Å². The van der Waals surface area contributed by atoms with E-state index in [-0.39, 0.29) is 17.8 Å². The molecule has 0 unspecified atom stereocenters. The monoisotopic (exact) mass is 483 g/mol. The first-order valence-corrected chi connectivity index (χ1v) is 10.9. The number of rotatable bonds is 8. The van der Waals surface area contributed by atoms with Gasteiger partial charge in [-0.15, -0.1) is 0 Å². The smallest absolute Gasteiger partial charge is 0.256 e. The lowest BCUT2D eigenvalue weighted by Gasteiger charge is -2.23.